The molecule has 0 saturated carbocycles. The zero-order valence-electron chi connectivity index (χ0n) is 24.5. The van der Waals surface area contributed by atoms with Crippen molar-refractivity contribution in [2.24, 2.45) is 11.8 Å². The Hall–Kier alpha value is -2.27. The molecule has 2 aliphatic rings. The molecule has 0 aliphatic carbocycles. The number of carbonyl (C=O) groups is 2. The van der Waals surface area contributed by atoms with Crippen molar-refractivity contribution in [3.05, 3.63) is 45.8 Å². The topological polar surface area (TPSA) is 90.0 Å². The number of nitrogens with zero attached hydrogens (tertiary/aromatic N) is 3. The van der Waals surface area contributed by atoms with Gasteiger partial charge < -0.3 is 10.2 Å². The van der Waals surface area contributed by atoms with Crippen LogP contribution in [0.25, 0.3) is 0 Å². The number of hydrogen-bond donors (Lipinski definition) is 1. The molecule has 1 saturated heterocycles. The lowest BCUT2D eigenvalue weighted by Gasteiger charge is -2.34. The van der Waals surface area contributed by atoms with Crippen molar-refractivity contribution in [1.82, 2.24) is 14.1 Å². The normalized spacial score (nSPS) is 20.2. The summed E-state index contributed by atoms with van der Waals surface area (Å²) < 4.78 is 28.1. The van der Waals surface area contributed by atoms with Gasteiger partial charge in [0, 0.05) is 49.7 Å². The van der Waals surface area contributed by atoms with Crippen LogP contribution in [-0.2, 0) is 23.0 Å². The number of amides is 2. The third-order valence-electron chi connectivity index (χ3n) is 7.89. The van der Waals surface area contributed by atoms with Gasteiger partial charge in [-0.25, -0.2) is 8.42 Å². The van der Waals surface area contributed by atoms with Crippen LogP contribution in [0.15, 0.2) is 29.2 Å². The molecule has 2 aromatic rings. The number of hydrogen-bond acceptors (Lipinski definition) is 6. The monoisotopic (exact) mass is 588 g/mol. The summed E-state index contributed by atoms with van der Waals surface area (Å²) in [7, 11) is -3.63. The summed E-state index contributed by atoms with van der Waals surface area (Å²) in [6.45, 7) is 15.4. The van der Waals surface area contributed by atoms with Crippen LogP contribution in [0.1, 0.15) is 85.0 Å². The molecule has 1 aromatic heterocycles. The molecule has 10 heteroatoms. The minimum Gasteiger partial charge on any atom is -0.339 e. The van der Waals surface area contributed by atoms with Gasteiger partial charge in [0.25, 0.3) is 11.8 Å². The van der Waals surface area contributed by atoms with Gasteiger partial charge >= 0.3 is 0 Å². The lowest BCUT2D eigenvalue weighted by Crippen LogP contribution is -2.42. The second-order valence-corrected chi connectivity index (χ2v) is 14.4. The number of benzene rings is 1. The van der Waals surface area contributed by atoms with E-state index in [1.807, 2.05) is 4.90 Å². The van der Waals surface area contributed by atoms with Gasteiger partial charge in [-0.1, -0.05) is 34.6 Å². The highest BCUT2D eigenvalue weighted by atomic mass is 32.2. The van der Waals surface area contributed by atoms with E-state index in [0.29, 0.717) is 54.1 Å². The van der Waals surface area contributed by atoms with Crippen molar-refractivity contribution in [3.63, 3.8) is 0 Å². The molecule has 1 fully saturated rings. The predicted molar refractivity (Wildman–Crippen MR) is 162 cm³/mol. The second kappa shape index (κ2) is 13.1. The number of nitrogens with one attached hydrogen (secondary N) is 1. The first kappa shape index (κ1) is 30.7. The third-order valence-corrected chi connectivity index (χ3v) is 10.9. The maximum absolute atomic E-state index is 13.8. The molecule has 2 amide bonds. The average Bonchev–Trinajstić information content (AvgIpc) is 3.28. The fourth-order valence-corrected chi connectivity index (χ4v) is 8.91. The van der Waals surface area contributed by atoms with E-state index >= 15 is 0 Å². The van der Waals surface area contributed by atoms with E-state index in [1.165, 1.54) is 23.5 Å². The fourth-order valence-electron chi connectivity index (χ4n) is 5.96. The van der Waals surface area contributed by atoms with Gasteiger partial charge in [0.1, 0.15) is 5.00 Å². The van der Waals surface area contributed by atoms with Crippen molar-refractivity contribution in [3.8, 4) is 0 Å². The highest BCUT2D eigenvalue weighted by Crippen LogP contribution is 2.38. The summed E-state index contributed by atoms with van der Waals surface area (Å²) in [6, 6.07) is 6.16. The standard InChI is InChI=1S/C30H44N4O4S2/c1-6-14-33(15-7-2)30(36)27-25-13-16-32(8-3)20-26(25)39-29(27)31-28(35)23-9-11-24(12-10-23)40(37,38)34-18-21(4)17-22(5)19-34/h9-12,21-22H,6-8,13-20H2,1-5H3,(H,31,35). The van der Waals surface area contributed by atoms with Crippen LogP contribution in [0, 0.1) is 11.8 Å². The van der Waals surface area contributed by atoms with Gasteiger partial charge in [-0.2, -0.15) is 4.31 Å². The molecular weight excluding hydrogens is 544 g/mol. The molecule has 2 unspecified atom stereocenters. The van der Waals surface area contributed by atoms with Crippen LogP contribution < -0.4 is 5.32 Å². The first-order valence-electron chi connectivity index (χ1n) is 14.7. The van der Waals surface area contributed by atoms with Crippen LogP contribution in [0.4, 0.5) is 5.00 Å². The number of anilines is 1. The highest BCUT2D eigenvalue weighted by molar-refractivity contribution is 7.89. The molecule has 220 valence electrons. The van der Waals surface area contributed by atoms with Crippen molar-refractivity contribution < 1.29 is 18.0 Å². The molecule has 8 nitrogen and oxygen atoms in total. The Morgan fingerprint density at radius 1 is 1.02 bits per heavy atom. The lowest BCUT2D eigenvalue weighted by atomic mass is 9.94. The number of likely N-dealkylation sites (N-methyl/N-ethyl adjacent to an activating group) is 1. The Morgan fingerprint density at radius 3 is 2.23 bits per heavy atom. The van der Waals surface area contributed by atoms with E-state index in [4.69, 9.17) is 0 Å². The number of fused-ring (bicyclic) bond motifs is 1. The molecule has 40 heavy (non-hydrogen) atoms. The van der Waals surface area contributed by atoms with Gasteiger partial charge in [-0.05, 0) is 73.9 Å². The van der Waals surface area contributed by atoms with Crippen LogP contribution in [0.5, 0.6) is 0 Å². The first-order chi connectivity index (χ1) is 19.1. The summed E-state index contributed by atoms with van der Waals surface area (Å²) in [4.78, 5) is 32.8. The van der Waals surface area contributed by atoms with Crippen molar-refractivity contribution >= 4 is 38.2 Å². The smallest absolute Gasteiger partial charge is 0.257 e. The first-order valence-corrected chi connectivity index (χ1v) is 16.9. The van der Waals surface area contributed by atoms with Crippen LogP contribution in [-0.4, -0.2) is 73.6 Å². The number of carbonyl (C=O) groups excluding carboxylic acids is 2. The van der Waals surface area contributed by atoms with Crippen LogP contribution in [0.2, 0.25) is 0 Å². The van der Waals surface area contributed by atoms with E-state index in [0.717, 1.165) is 55.8 Å². The minimum atomic E-state index is -3.63. The number of piperidine rings is 1. The van der Waals surface area contributed by atoms with Crippen LogP contribution >= 0.6 is 11.3 Å². The quantitative estimate of drug-likeness (QED) is 0.407. The van der Waals surface area contributed by atoms with E-state index < -0.39 is 10.0 Å². The molecule has 0 radical (unpaired) electrons. The Kier molecular flexibility index (Phi) is 10.1. The largest absolute Gasteiger partial charge is 0.339 e. The van der Waals surface area contributed by atoms with E-state index in [2.05, 4.69) is 44.8 Å². The van der Waals surface area contributed by atoms with E-state index in [9.17, 15) is 18.0 Å². The van der Waals surface area contributed by atoms with E-state index in [-0.39, 0.29) is 16.7 Å². The third kappa shape index (κ3) is 6.61. The summed E-state index contributed by atoms with van der Waals surface area (Å²) in [6.07, 6.45) is 3.54. The molecule has 2 atom stereocenters. The predicted octanol–water partition coefficient (Wildman–Crippen LogP) is 5.31. The maximum Gasteiger partial charge on any atom is 0.257 e. The van der Waals surface area contributed by atoms with Crippen LogP contribution in [0.3, 0.4) is 0 Å². The summed E-state index contributed by atoms with van der Waals surface area (Å²) in [5.74, 6) is 0.258. The molecule has 3 heterocycles. The fraction of sp³-hybridized carbons (Fsp3) is 0.600. The van der Waals surface area contributed by atoms with Gasteiger partial charge in [-0.3, -0.25) is 14.5 Å². The molecule has 2 aliphatic heterocycles. The molecular formula is C30H44N4O4S2. The Bertz CT molecular complexity index is 1290. The van der Waals surface area contributed by atoms with Crippen molar-refractivity contribution in [1.29, 1.82) is 0 Å². The number of thiophene rings is 1. The summed E-state index contributed by atoms with van der Waals surface area (Å²) >= 11 is 1.49. The zero-order valence-corrected chi connectivity index (χ0v) is 26.2. The Balaban J connectivity index is 1.59. The Labute approximate surface area is 243 Å². The number of rotatable bonds is 10. The minimum absolute atomic E-state index is 0.0205. The zero-order chi connectivity index (χ0) is 29.0. The van der Waals surface area contributed by atoms with Gasteiger partial charge in [0.15, 0.2) is 0 Å². The van der Waals surface area contributed by atoms with Gasteiger partial charge in [0.05, 0.1) is 10.5 Å². The SMILES string of the molecule is CCCN(CCC)C(=O)c1c(NC(=O)c2ccc(S(=O)(=O)N3CC(C)CC(C)C3)cc2)sc2c1CCN(CC)C2. The number of sulfonamides is 1. The Morgan fingerprint density at radius 2 is 1.65 bits per heavy atom. The summed E-state index contributed by atoms with van der Waals surface area (Å²) in [5, 5.41) is 3.61. The van der Waals surface area contributed by atoms with Gasteiger partial charge in [-0.15, -0.1) is 11.3 Å². The average molecular weight is 589 g/mol. The molecule has 0 spiro atoms. The van der Waals surface area contributed by atoms with E-state index in [1.54, 1.807) is 16.4 Å². The maximum atomic E-state index is 13.8. The molecule has 1 N–H and O–H groups in total. The molecule has 4 rings (SSSR count). The summed E-state index contributed by atoms with van der Waals surface area (Å²) in [5.41, 5.74) is 2.04. The molecule has 1 aromatic carbocycles. The van der Waals surface area contributed by atoms with Crippen molar-refractivity contribution in [2.75, 3.05) is 44.6 Å². The molecule has 0 bridgehead atoms. The van der Waals surface area contributed by atoms with Gasteiger partial charge in [0.2, 0.25) is 10.0 Å². The second-order valence-electron chi connectivity index (χ2n) is 11.4. The highest BCUT2D eigenvalue weighted by Gasteiger charge is 2.33. The lowest BCUT2D eigenvalue weighted by molar-refractivity contribution is 0.0755. The van der Waals surface area contributed by atoms with Crippen molar-refractivity contribution in [2.45, 2.75) is 71.7 Å².